The van der Waals surface area contributed by atoms with Gasteiger partial charge in [0.05, 0.1) is 135 Å². The highest BCUT2D eigenvalue weighted by Crippen LogP contribution is 2.42. The third kappa shape index (κ3) is 18.0. The Morgan fingerprint density at radius 3 is 1.31 bits per heavy atom. The highest BCUT2D eigenvalue weighted by atomic mass is 35.5. The summed E-state index contributed by atoms with van der Waals surface area (Å²) in [5.74, 6) is 8.10. The lowest BCUT2D eigenvalue weighted by atomic mass is 10.2. The van der Waals surface area contributed by atoms with E-state index >= 15 is 0 Å². The molecule has 35 heteroatoms. The Bertz CT molecular complexity index is 4690. The molecule has 102 heavy (non-hydrogen) atoms. The number of aromatic nitrogens is 15. The minimum Gasteiger partial charge on any atom is -0.493 e. The number of hydrogen-bond donors (Lipinski definition) is 6. The average Bonchev–Trinajstić information content (AvgIpc) is 1.70. The van der Waals surface area contributed by atoms with Crippen molar-refractivity contribution in [3.8, 4) is 68.8 Å². The van der Waals surface area contributed by atoms with Gasteiger partial charge in [-0.15, -0.1) is 12.4 Å². The van der Waals surface area contributed by atoms with Crippen molar-refractivity contribution < 1.29 is 52.8 Å². The maximum absolute atomic E-state index is 9.77. The number of nitrogens with zero attached hydrogens (tertiary/aromatic N) is 16. The Hall–Kier alpha value is -10.8. The lowest BCUT2D eigenvalue weighted by Crippen LogP contribution is -2.33. The highest BCUT2D eigenvalue weighted by Gasteiger charge is 2.28. The minimum absolute atomic E-state index is 0. The van der Waals surface area contributed by atoms with E-state index in [0.717, 1.165) is 49.4 Å². The highest BCUT2D eigenvalue weighted by molar-refractivity contribution is 6.35. The summed E-state index contributed by atoms with van der Waals surface area (Å²) in [5.41, 5.74) is 11.8. The molecule has 0 bridgehead atoms. The molecule has 536 valence electrons. The number of rotatable bonds is 19. The molecule has 7 N–H and O–H groups in total. The summed E-state index contributed by atoms with van der Waals surface area (Å²) in [6, 6.07) is 22.3. The number of fused-ring (bicyclic) bond motifs is 3. The van der Waals surface area contributed by atoms with Crippen molar-refractivity contribution in [1.82, 2.24) is 78.8 Å². The Balaban J connectivity index is 0.000000161. The number of halogens is 4. The van der Waals surface area contributed by atoms with Gasteiger partial charge < -0.3 is 93.1 Å². The van der Waals surface area contributed by atoms with Gasteiger partial charge in [0.25, 0.3) is 0 Å². The van der Waals surface area contributed by atoms with Crippen LogP contribution in [0, 0.1) is 0 Å². The normalized spacial score (nSPS) is 13.5. The summed E-state index contributed by atoms with van der Waals surface area (Å²) in [4.78, 5) is 53.3. The number of hydrogen-bond acceptors (Lipinski definition) is 28. The summed E-state index contributed by atoms with van der Waals surface area (Å²) in [5, 5.41) is 28.4. The number of ether oxygens (including phenoxy) is 9. The number of nitrogens with two attached hydrogens (primary N) is 1. The predicted molar refractivity (Wildman–Crippen MR) is 390 cm³/mol. The number of nitrogens with one attached hydrogen (secondary N) is 3. The van der Waals surface area contributed by atoms with Crippen molar-refractivity contribution in [2.75, 3.05) is 112 Å². The third-order valence-corrected chi connectivity index (χ3v) is 16.2. The van der Waals surface area contributed by atoms with Gasteiger partial charge in [-0.2, -0.15) is 9.97 Å². The Morgan fingerprint density at radius 2 is 0.912 bits per heavy atom. The van der Waals surface area contributed by atoms with Crippen LogP contribution in [-0.2, 0) is 0 Å². The van der Waals surface area contributed by atoms with Gasteiger partial charge in [-0.3, -0.25) is 15.0 Å². The molecule has 2 aliphatic rings. The summed E-state index contributed by atoms with van der Waals surface area (Å²) >= 11 is 17.4. The van der Waals surface area contributed by atoms with Gasteiger partial charge in [0.2, 0.25) is 33.8 Å². The second-order valence-corrected chi connectivity index (χ2v) is 22.7. The summed E-state index contributed by atoms with van der Waals surface area (Å²) in [6.45, 7) is 2.26. The number of aliphatic hydroxyl groups excluding tert-OH is 2. The molecule has 3 aromatic carbocycles. The second-order valence-electron chi connectivity index (χ2n) is 21.7. The Kier molecular flexibility index (Phi) is 26.6. The molecule has 2 fully saturated rings. The van der Waals surface area contributed by atoms with Crippen molar-refractivity contribution in [3.05, 3.63) is 145 Å². The largest absolute Gasteiger partial charge is 0.493 e. The smallest absolute Gasteiger partial charge is 0.228 e. The van der Waals surface area contributed by atoms with Crippen LogP contribution >= 0.6 is 47.2 Å². The summed E-state index contributed by atoms with van der Waals surface area (Å²) in [7, 11) is 14.1. The standard InChI is InChI=1S/C24H27N7O4.C19H17ClN6O3.C12H15N3O3.C7H3Cl2N3.C5H11NO.ClH/c1-33-18-10-16(11-19(34-2)22(18)35-3)30-12-20(26-14-30)28-23-21-17(7-4-8-25-21)27-24(29-23)31-9-5-6-15(31)13-32;1-27-13-7-11(8-14(28-2)17(13)29-3)26-9-15(22-10-26)24-18-16-12(5-4-6-21-16)23-19(20)25-18;1-16-9-4-8(15-6-11(13)14-7-15)5-10(17-2)12(9)18-3;8-6-5-4(2-1-3-10-5)11-7(9)12-6;7-4-5-2-1-3-6-5;/h4,7-8,10-12,14-15,32H,5-6,9,13H2,1-3H3,(H,27,28,29);4-10H,1-3H3,(H,23,24,25);4-7H,13H2,1-3H3;1-3H;5-7H,1-4H2;1H/t15-;;;;5-;/m0...0./s1. The number of anilines is 6. The van der Waals surface area contributed by atoms with Gasteiger partial charge in [0, 0.05) is 67.6 Å². The minimum atomic E-state index is 0. The zero-order chi connectivity index (χ0) is 71.5. The molecule has 12 aromatic rings. The van der Waals surface area contributed by atoms with Gasteiger partial charge >= 0.3 is 0 Å². The number of nitrogen functional groups attached to an aromatic ring is 1. The topological polar surface area (TPSA) is 358 Å². The molecule has 0 spiro atoms. The zero-order valence-electron chi connectivity index (χ0n) is 56.8. The maximum Gasteiger partial charge on any atom is 0.228 e. The molecule has 0 unspecified atom stereocenters. The molecule has 0 amide bonds. The number of methoxy groups -OCH3 is 9. The monoisotopic (exact) mass is 1470 g/mol. The van der Waals surface area contributed by atoms with E-state index < -0.39 is 0 Å². The SMILES string of the molecule is COc1cc(-n2cnc(N)c2)cc(OC)c1OC.COc1cc(-n2cnc(Nc3nc(Cl)nc4cccnc34)c2)cc(OC)c1OC.COc1cc(-n2cnc(Nc3nc(N4CCC[C@H]4CO)nc4cccnc34)c2)cc(OC)c1OC.Cl.Clc1nc(Cl)c2ncccc2n1.OC[C@@H]1CCCN1. The van der Waals surface area contributed by atoms with E-state index in [4.69, 9.17) is 98.2 Å². The molecule has 0 radical (unpaired) electrons. The average molecular weight is 1480 g/mol. The first-order valence-electron chi connectivity index (χ1n) is 31.1. The van der Waals surface area contributed by atoms with E-state index in [9.17, 15) is 5.11 Å². The molecular weight excluding hydrogens is 1400 g/mol. The lowest BCUT2D eigenvalue weighted by Gasteiger charge is -2.23. The third-order valence-electron chi connectivity index (χ3n) is 15.6. The van der Waals surface area contributed by atoms with Crippen molar-refractivity contribution in [1.29, 1.82) is 0 Å². The molecule has 2 saturated heterocycles. The fourth-order valence-electron chi connectivity index (χ4n) is 10.7. The predicted octanol–water partition coefficient (Wildman–Crippen LogP) is 10.5. The molecule has 2 aliphatic heterocycles. The second kappa shape index (κ2) is 36.0. The fraction of sp³-hybridized carbons (Fsp3) is 0.284. The van der Waals surface area contributed by atoms with Gasteiger partial charge in [-0.25, -0.2) is 34.9 Å². The molecule has 0 aliphatic carbocycles. The van der Waals surface area contributed by atoms with Gasteiger partial charge in [-0.1, -0.05) is 11.6 Å². The fourth-order valence-corrected chi connectivity index (χ4v) is 11.4. The molecule has 14 rings (SSSR count). The molecule has 0 saturated carbocycles. The van der Waals surface area contributed by atoms with Crippen LogP contribution in [0.3, 0.4) is 0 Å². The van der Waals surface area contributed by atoms with Crippen LogP contribution in [0.2, 0.25) is 15.7 Å². The summed E-state index contributed by atoms with van der Waals surface area (Å²) < 4.78 is 53.8. The van der Waals surface area contributed by atoms with Crippen molar-refractivity contribution in [2.24, 2.45) is 0 Å². The summed E-state index contributed by atoms with van der Waals surface area (Å²) in [6.07, 6.45) is 19.6. The van der Waals surface area contributed by atoms with Crippen LogP contribution in [0.25, 0.3) is 50.2 Å². The Labute approximate surface area is 606 Å². The van der Waals surface area contributed by atoms with Crippen LogP contribution < -0.4 is 69.2 Å². The first-order chi connectivity index (χ1) is 49.2. The van der Waals surface area contributed by atoms with Gasteiger partial charge in [-0.05, 0) is 91.8 Å². The zero-order valence-corrected chi connectivity index (χ0v) is 59.9. The van der Waals surface area contributed by atoms with Crippen molar-refractivity contribution >= 4 is 115 Å². The number of benzene rings is 3. The van der Waals surface area contributed by atoms with Crippen LogP contribution in [0.1, 0.15) is 25.7 Å². The number of imidazole rings is 3. The van der Waals surface area contributed by atoms with Crippen molar-refractivity contribution in [2.45, 2.75) is 37.8 Å². The number of pyridine rings is 3. The van der Waals surface area contributed by atoms with Gasteiger partial charge in [0.15, 0.2) is 51.3 Å². The van der Waals surface area contributed by atoms with Crippen LogP contribution in [-0.4, -0.2) is 186 Å². The number of aliphatic hydroxyl groups is 2. The van der Waals surface area contributed by atoms with E-state index in [-0.39, 0.29) is 40.8 Å². The molecule has 2 atom stereocenters. The van der Waals surface area contributed by atoms with Crippen molar-refractivity contribution in [3.63, 3.8) is 0 Å². The molecular formula is C67H74Cl4N20O11. The first-order valence-corrected chi connectivity index (χ1v) is 32.2. The van der Waals surface area contributed by atoms with Crippen LogP contribution in [0.15, 0.2) is 129 Å². The lowest BCUT2D eigenvalue weighted by molar-refractivity contribution is 0.255. The molecule has 11 heterocycles. The van der Waals surface area contributed by atoms with E-state index in [2.05, 4.69) is 65.8 Å². The Morgan fingerprint density at radius 1 is 0.490 bits per heavy atom. The van der Waals surface area contributed by atoms with Gasteiger partial charge in [0.1, 0.15) is 53.0 Å². The molecule has 31 nitrogen and oxygen atoms in total. The first kappa shape index (κ1) is 75.4. The van der Waals surface area contributed by atoms with Crippen LogP contribution in [0.4, 0.5) is 35.0 Å². The van der Waals surface area contributed by atoms with E-state index in [1.54, 1.807) is 137 Å². The van der Waals surface area contributed by atoms with Crippen LogP contribution in [0.5, 0.6) is 51.7 Å². The van der Waals surface area contributed by atoms with E-state index in [1.807, 2.05) is 74.8 Å². The van der Waals surface area contributed by atoms with E-state index in [0.29, 0.717) is 133 Å². The van der Waals surface area contributed by atoms with E-state index in [1.165, 1.54) is 6.42 Å². The quantitative estimate of drug-likeness (QED) is 0.0323. The molecule has 9 aromatic heterocycles. The maximum atomic E-state index is 9.77.